The summed E-state index contributed by atoms with van der Waals surface area (Å²) in [5.74, 6) is 6.98. The molecule has 0 aliphatic carbocycles. The highest BCUT2D eigenvalue weighted by atomic mass is 16.5. The van der Waals surface area contributed by atoms with E-state index in [0.717, 1.165) is 22.2 Å². The minimum atomic E-state index is 0.121. The fourth-order valence-corrected chi connectivity index (χ4v) is 2.70. The first-order valence-corrected chi connectivity index (χ1v) is 8.15. The van der Waals surface area contributed by atoms with Crippen LogP contribution in [0.1, 0.15) is 43.2 Å². The highest BCUT2D eigenvalue weighted by Gasteiger charge is 2.13. The van der Waals surface area contributed by atoms with Crippen LogP contribution in [0.4, 0.5) is 0 Å². The molecule has 3 nitrogen and oxygen atoms in total. The molecule has 0 spiro atoms. The Morgan fingerprint density at radius 3 is 2.32 bits per heavy atom. The molecular formula is C22H20N2O. The molecular weight excluding hydrogens is 308 g/mol. The average molecular weight is 328 g/mol. The van der Waals surface area contributed by atoms with Gasteiger partial charge in [0.05, 0.1) is 18.2 Å². The number of hydrogen-bond donors (Lipinski definition) is 1. The van der Waals surface area contributed by atoms with E-state index in [1.54, 1.807) is 7.11 Å². The lowest BCUT2D eigenvalue weighted by atomic mass is 9.87. The molecule has 1 aromatic heterocycles. The topological polar surface area (TPSA) is 48.8 Å². The molecule has 0 saturated heterocycles. The molecule has 0 unspecified atom stereocenters. The number of ether oxygens (including phenoxy) is 1. The normalized spacial score (nSPS) is 10.8. The fourth-order valence-electron chi connectivity index (χ4n) is 2.70. The zero-order valence-electron chi connectivity index (χ0n) is 14.9. The van der Waals surface area contributed by atoms with Gasteiger partial charge in [0.1, 0.15) is 17.5 Å². The van der Waals surface area contributed by atoms with E-state index in [4.69, 9.17) is 4.74 Å². The number of hydrogen-bond acceptors (Lipinski definition) is 2. The zero-order valence-corrected chi connectivity index (χ0v) is 14.9. The Bertz CT molecular complexity index is 1020. The molecule has 3 rings (SSSR count). The summed E-state index contributed by atoms with van der Waals surface area (Å²) in [7, 11) is 1.62. The Hall–Kier alpha value is -3.17. The Morgan fingerprint density at radius 2 is 1.72 bits per heavy atom. The molecule has 2 aromatic carbocycles. The zero-order chi connectivity index (χ0) is 18.0. The lowest BCUT2D eigenvalue weighted by Crippen LogP contribution is -2.10. The molecule has 0 bridgehead atoms. The number of aromatic nitrogens is 1. The average Bonchev–Trinajstić information content (AvgIpc) is 2.95. The van der Waals surface area contributed by atoms with Gasteiger partial charge in [0.25, 0.3) is 0 Å². The molecule has 3 heteroatoms. The van der Waals surface area contributed by atoms with Gasteiger partial charge in [-0.15, -0.1) is 0 Å². The highest BCUT2D eigenvalue weighted by molar-refractivity contribution is 5.89. The molecule has 0 atom stereocenters. The van der Waals surface area contributed by atoms with Gasteiger partial charge < -0.3 is 9.72 Å². The largest absolute Gasteiger partial charge is 0.497 e. The van der Waals surface area contributed by atoms with E-state index in [2.05, 4.69) is 55.8 Å². The quantitative estimate of drug-likeness (QED) is 0.656. The van der Waals surface area contributed by atoms with E-state index >= 15 is 0 Å². The van der Waals surface area contributed by atoms with Crippen molar-refractivity contribution >= 4 is 10.9 Å². The van der Waals surface area contributed by atoms with E-state index < -0.39 is 0 Å². The van der Waals surface area contributed by atoms with Crippen molar-refractivity contribution in [1.82, 2.24) is 4.98 Å². The van der Waals surface area contributed by atoms with Crippen LogP contribution < -0.4 is 4.74 Å². The highest BCUT2D eigenvalue weighted by Crippen LogP contribution is 2.25. The fraction of sp³-hybridized carbons (Fsp3) is 0.227. The number of methoxy groups -OCH3 is 1. The van der Waals surface area contributed by atoms with Gasteiger partial charge in [-0.2, -0.15) is 5.26 Å². The summed E-state index contributed by atoms with van der Waals surface area (Å²) in [5.41, 5.74) is 4.36. The van der Waals surface area contributed by atoms with E-state index in [9.17, 15) is 5.26 Å². The third-order valence-electron chi connectivity index (χ3n) is 4.20. The predicted molar refractivity (Wildman–Crippen MR) is 101 cm³/mol. The summed E-state index contributed by atoms with van der Waals surface area (Å²) in [4.78, 5) is 3.22. The van der Waals surface area contributed by atoms with Crippen LogP contribution in [-0.4, -0.2) is 12.1 Å². The maximum absolute atomic E-state index is 9.49. The predicted octanol–water partition coefficient (Wildman–Crippen LogP) is 4.75. The molecule has 0 aliphatic heterocycles. The Kier molecular flexibility index (Phi) is 4.26. The van der Waals surface area contributed by atoms with Gasteiger partial charge >= 0.3 is 0 Å². The van der Waals surface area contributed by atoms with Gasteiger partial charge in [0.15, 0.2) is 0 Å². The van der Waals surface area contributed by atoms with Gasteiger partial charge in [-0.25, -0.2) is 0 Å². The first kappa shape index (κ1) is 16.7. The Labute approximate surface area is 148 Å². The van der Waals surface area contributed by atoms with Gasteiger partial charge in [-0.3, -0.25) is 0 Å². The van der Waals surface area contributed by atoms with Crippen molar-refractivity contribution < 1.29 is 4.74 Å². The molecule has 1 N–H and O–H groups in total. The second-order valence-corrected chi connectivity index (χ2v) is 6.98. The summed E-state index contributed by atoms with van der Waals surface area (Å²) in [5, 5.41) is 10.3. The van der Waals surface area contributed by atoms with Gasteiger partial charge in [0.2, 0.25) is 0 Å². The van der Waals surface area contributed by atoms with Crippen molar-refractivity contribution in [3.63, 3.8) is 0 Å². The van der Waals surface area contributed by atoms with Crippen molar-refractivity contribution in [3.05, 3.63) is 64.8 Å². The molecule has 25 heavy (non-hydrogen) atoms. The van der Waals surface area contributed by atoms with Gasteiger partial charge in [-0.05, 0) is 41.2 Å². The van der Waals surface area contributed by atoms with E-state index in [-0.39, 0.29) is 5.41 Å². The maximum Gasteiger partial charge on any atom is 0.120 e. The van der Waals surface area contributed by atoms with Crippen molar-refractivity contribution in [2.24, 2.45) is 0 Å². The minimum absolute atomic E-state index is 0.121. The monoisotopic (exact) mass is 328 g/mol. The molecule has 3 aromatic rings. The number of fused-ring (bicyclic) bond motifs is 1. The van der Waals surface area contributed by atoms with Crippen LogP contribution in [0.25, 0.3) is 10.9 Å². The summed E-state index contributed by atoms with van der Waals surface area (Å²) < 4.78 is 5.23. The lowest BCUT2D eigenvalue weighted by molar-refractivity contribution is 0.415. The third-order valence-corrected chi connectivity index (χ3v) is 4.20. The summed E-state index contributed by atoms with van der Waals surface area (Å²) in [6.07, 6.45) is 0. The van der Waals surface area contributed by atoms with E-state index in [1.807, 2.05) is 30.3 Å². The molecule has 0 amide bonds. The molecule has 124 valence electrons. The summed E-state index contributed by atoms with van der Waals surface area (Å²) in [6.45, 7) is 6.56. The lowest BCUT2D eigenvalue weighted by Gasteiger charge is -2.18. The second kappa shape index (κ2) is 6.38. The Morgan fingerprint density at radius 1 is 1.00 bits per heavy atom. The minimum Gasteiger partial charge on any atom is -0.497 e. The molecule has 1 heterocycles. The summed E-state index contributed by atoms with van der Waals surface area (Å²) in [6, 6.07) is 16.1. The smallest absolute Gasteiger partial charge is 0.120 e. The Balaban J connectivity index is 1.99. The van der Waals surface area contributed by atoms with Crippen molar-refractivity contribution in [1.29, 1.82) is 5.26 Å². The number of H-pyrrole nitrogens is 1. The number of nitrogens with zero attached hydrogens (tertiary/aromatic N) is 1. The molecule has 0 fully saturated rings. The van der Waals surface area contributed by atoms with E-state index in [1.165, 1.54) is 5.56 Å². The van der Waals surface area contributed by atoms with Crippen LogP contribution in [0.3, 0.4) is 0 Å². The first-order chi connectivity index (χ1) is 11.9. The number of nitriles is 1. The molecule has 0 radical (unpaired) electrons. The number of rotatable bonds is 1. The van der Waals surface area contributed by atoms with Crippen molar-refractivity contribution in [2.75, 3.05) is 7.11 Å². The number of aromatic amines is 1. The SMILES string of the molecule is COc1ccc2c(C#N)c(C#Cc3ccc(C(C)(C)C)cc3)[nH]c2c1. The van der Waals surface area contributed by atoms with Crippen molar-refractivity contribution in [3.8, 4) is 23.7 Å². The summed E-state index contributed by atoms with van der Waals surface area (Å²) >= 11 is 0. The first-order valence-electron chi connectivity index (χ1n) is 8.15. The van der Waals surface area contributed by atoms with Crippen LogP contribution in [0.2, 0.25) is 0 Å². The number of benzene rings is 2. The standard InChI is InChI=1S/C22H20N2O/c1-22(2,3)16-8-5-15(6-9-16)7-12-20-19(14-23)18-11-10-17(25-4)13-21(18)24-20/h5-6,8-11,13,24H,1-4H3. The second-order valence-electron chi connectivity index (χ2n) is 6.98. The van der Waals surface area contributed by atoms with Crippen LogP contribution in [0.5, 0.6) is 5.75 Å². The maximum atomic E-state index is 9.49. The van der Waals surface area contributed by atoms with Crippen LogP contribution in [0.15, 0.2) is 42.5 Å². The van der Waals surface area contributed by atoms with Crippen LogP contribution >= 0.6 is 0 Å². The van der Waals surface area contributed by atoms with Crippen LogP contribution in [-0.2, 0) is 5.41 Å². The molecule has 0 saturated carbocycles. The van der Waals surface area contributed by atoms with Crippen LogP contribution in [0, 0.1) is 23.2 Å². The van der Waals surface area contributed by atoms with E-state index in [0.29, 0.717) is 11.3 Å². The van der Waals surface area contributed by atoms with Crippen molar-refractivity contribution in [2.45, 2.75) is 26.2 Å². The molecule has 0 aliphatic rings. The van der Waals surface area contributed by atoms with Gasteiger partial charge in [0, 0.05) is 17.0 Å². The third kappa shape index (κ3) is 3.37. The number of nitrogens with one attached hydrogen (secondary N) is 1. The van der Waals surface area contributed by atoms with Gasteiger partial charge in [-0.1, -0.05) is 38.8 Å².